The Hall–Kier alpha value is -5.63. The van der Waals surface area contributed by atoms with Crippen molar-refractivity contribution < 1.29 is 28.7 Å². The van der Waals surface area contributed by atoms with E-state index in [4.69, 9.17) is 15.5 Å². The van der Waals surface area contributed by atoms with Gasteiger partial charge in [-0.2, -0.15) is 11.8 Å². The molecule has 0 saturated heterocycles. The van der Waals surface area contributed by atoms with Crippen molar-refractivity contribution >= 4 is 64.2 Å². The summed E-state index contributed by atoms with van der Waals surface area (Å²) >= 11 is 1.48. The fourth-order valence-corrected chi connectivity index (χ4v) is 6.21. The summed E-state index contributed by atoms with van der Waals surface area (Å²) in [6, 6.07) is 19.9. The molecule has 4 atom stereocenters. The lowest BCUT2D eigenvalue weighted by atomic mass is 10.0. The van der Waals surface area contributed by atoms with Crippen molar-refractivity contribution in [2.75, 3.05) is 37.6 Å². The van der Waals surface area contributed by atoms with Crippen LogP contribution in [0.2, 0.25) is 0 Å². The van der Waals surface area contributed by atoms with Gasteiger partial charge in [0.2, 0.25) is 23.6 Å². The van der Waals surface area contributed by atoms with Crippen molar-refractivity contribution in [2.45, 2.75) is 56.8 Å². The second-order valence-electron chi connectivity index (χ2n) is 12.9. The van der Waals surface area contributed by atoms with Crippen molar-refractivity contribution in [3.05, 3.63) is 102 Å². The lowest BCUT2D eigenvalue weighted by Crippen LogP contribution is -2.58. The monoisotopic (exact) mass is 755 g/mol. The molecule has 54 heavy (non-hydrogen) atoms. The van der Waals surface area contributed by atoms with E-state index < -0.39 is 60.2 Å². The predicted octanol–water partition coefficient (Wildman–Crippen LogP) is 3.15. The molecule has 13 nitrogen and oxygen atoms in total. The number of rotatable bonds is 20. The third-order valence-corrected chi connectivity index (χ3v) is 9.34. The lowest BCUT2D eigenvalue weighted by molar-refractivity contribution is -0.146. The number of anilines is 1. The fourth-order valence-electron chi connectivity index (χ4n) is 5.74. The normalized spacial score (nSPS) is 13.4. The molecular formula is C40H49N7O6S. The first kappa shape index (κ1) is 41.1. The quantitative estimate of drug-likeness (QED) is 0.0672. The molecule has 1 heterocycles. The third kappa shape index (κ3) is 12.2. The Kier molecular flexibility index (Phi) is 15.7. The standard InChI is InChI=1S/C40H49N7O6S/c1-5-53-36(48)23-35(40(52)45-33(37(41)49)21-26-11-7-6-8-12-26)46-38(50)32(19-20-54-4)44-39(51)34(22-28-25-43-31-14-10-9-13-30(28)31)42-24-27-15-17-29(18-16-27)47(2)3/h6-18,24-25,32-35,43H,5,19-23H2,1-4H3,(H2,41,49)(H,44,51)(H,45,52)(H,46,50). The van der Waals surface area contributed by atoms with E-state index in [-0.39, 0.29) is 25.9 Å². The first-order valence-electron chi connectivity index (χ1n) is 17.7. The molecule has 0 radical (unpaired) electrons. The highest BCUT2D eigenvalue weighted by Gasteiger charge is 2.32. The van der Waals surface area contributed by atoms with E-state index in [1.165, 1.54) is 11.8 Å². The number of primary amides is 1. The maximum absolute atomic E-state index is 14.1. The van der Waals surface area contributed by atoms with Gasteiger partial charge in [-0.3, -0.25) is 29.0 Å². The maximum Gasteiger partial charge on any atom is 0.308 e. The van der Waals surface area contributed by atoms with E-state index in [1.54, 1.807) is 37.4 Å². The molecule has 0 fully saturated rings. The second-order valence-corrected chi connectivity index (χ2v) is 13.9. The first-order chi connectivity index (χ1) is 26.0. The molecule has 4 amide bonds. The minimum absolute atomic E-state index is 0.0591. The number of amides is 4. The van der Waals surface area contributed by atoms with Gasteiger partial charge in [0, 0.05) is 55.9 Å². The van der Waals surface area contributed by atoms with Gasteiger partial charge in [-0.15, -0.1) is 0 Å². The first-order valence-corrected chi connectivity index (χ1v) is 19.1. The van der Waals surface area contributed by atoms with Gasteiger partial charge >= 0.3 is 5.97 Å². The number of carbonyl (C=O) groups excluding carboxylic acids is 5. The van der Waals surface area contributed by atoms with E-state index in [9.17, 15) is 24.0 Å². The Morgan fingerprint density at radius 1 is 0.852 bits per heavy atom. The highest BCUT2D eigenvalue weighted by molar-refractivity contribution is 7.98. The Morgan fingerprint density at radius 2 is 1.50 bits per heavy atom. The average Bonchev–Trinajstić information content (AvgIpc) is 3.57. The van der Waals surface area contributed by atoms with E-state index in [1.807, 2.05) is 86.0 Å². The number of ether oxygens (including phenoxy) is 1. The number of nitrogens with one attached hydrogen (secondary N) is 4. The SMILES string of the molecule is CCOC(=O)CC(NC(=O)C(CCSC)NC(=O)C(Cc1c[nH]c2ccccc12)N=Cc1ccc(N(C)C)cc1)C(=O)NC(Cc1ccccc1)C(N)=O. The van der Waals surface area contributed by atoms with Gasteiger partial charge in [-0.25, -0.2) is 0 Å². The molecule has 4 unspecified atom stereocenters. The Bertz CT molecular complexity index is 1900. The zero-order valence-electron chi connectivity index (χ0n) is 31.0. The van der Waals surface area contributed by atoms with Gasteiger partial charge in [0.15, 0.2) is 0 Å². The van der Waals surface area contributed by atoms with Crippen LogP contribution in [0.3, 0.4) is 0 Å². The highest BCUT2D eigenvalue weighted by Crippen LogP contribution is 2.21. The summed E-state index contributed by atoms with van der Waals surface area (Å²) in [6.45, 7) is 1.68. The Balaban J connectivity index is 1.57. The van der Waals surface area contributed by atoms with Crippen molar-refractivity contribution in [1.29, 1.82) is 0 Å². The maximum atomic E-state index is 14.1. The Morgan fingerprint density at radius 3 is 2.17 bits per heavy atom. The van der Waals surface area contributed by atoms with Crippen LogP contribution in [0, 0.1) is 0 Å². The molecule has 0 aliphatic heterocycles. The van der Waals surface area contributed by atoms with E-state index in [0.29, 0.717) is 5.75 Å². The molecule has 0 aliphatic rings. The van der Waals surface area contributed by atoms with Crippen LogP contribution in [0.25, 0.3) is 10.9 Å². The molecule has 0 spiro atoms. The van der Waals surface area contributed by atoms with Crippen LogP contribution in [0.5, 0.6) is 0 Å². The number of para-hydroxylation sites is 1. The van der Waals surface area contributed by atoms with Crippen LogP contribution in [0.1, 0.15) is 36.5 Å². The lowest BCUT2D eigenvalue weighted by Gasteiger charge is -2.25. The molecule has 0 aliphatic carbocycles. The van der Waals surface area contributed by atoms with Crippen LogP contribution in [-0.4, -0.2) is 97.7 Å². The topological polar surface area (TPSA) is 188 Å². The van der Waals surface area contributed by atoms with Gasteiger partial charge in [-0.05, 0) is 60.2 Å². The summed E-state index contributed by atoms with van der Waals surface area (Å²) < 4.78 is 5.08. The van der Waals surface area contributed by atoms with E-state index in [2.05, 4.69) is 20.9 Å². The highest BCUT2D eigenvalue weighted by atomic mass is 32.2. The minimum atomic E-state index is -1.42. The molecule has 14 heteroatoms. The minimum Gasteiger partial charge on any atom is -0.466 e. The number of fused-ring (bicyclic) bond motifs is 1. The Labute approximate surface area is 319 Å². The van der Waals surface area contributed by atoms with Crippen molar-refractivity contribution in [3.8, 4) is 0 Å². The van der Waals surface area contributed by atoms with E-state index >= 15 is 0 Å². The van der Waals surface area contributed by atoms with Gasteiger partial charge in [0.1, 0.15) is 24.2 Å². The van der Waals surface area contributed by atoms with Gasteiger partial charge < -0.3 is 36.3 Å². The largest absolute Gasteiger partial charge is 0.466 e. The molecule has 3 aromatic carbocycles. The number of carbonyl (C=O) groups is 5. The molecule has 0 bridgehead atoms. The van der Waals surface area contributed by atoms with Gasteiger partial charge in [-0.1, -0.05) is 60.7 Å². The zero-order chi connectivity index (χ0) is 39.0. The van der Waals surface area contributed by atoms with Crippen molar-refractivity contribution in [1.82, 2.24) is 20.9 Å². The van der Waals surface area contributed by atoms with Crippen molar-refractivity contribution in [3.63, 3.8) is 0 Å². The number of nitrogens with zero attached hydrogens (tertiary/aromatic N) is 2. The molecule has 4 rings (SSSR count). The molecular weight excluding hydrogens is 707 g/mol. The number of hydrogen-bond donors (Lipinski definition) is 5. The van der Waals surface area contributed by atoms with E-state index in [0.717, 1.165) is 33.3 Å². The molecule has 286 valence electrons. The average molecular weight is 756 g/mol. The zero-order valence-corrected chi connectivity index (χ0v) is 31.9. The second kappa shape index (κ2) is 20.6. The molecule has 0 saturated carbocycles. The number of esters is 1. The predicted molar refractivity (Wildman–Crippen MR) is 214 cm³/mol. The number of aromatic amines is 1. The summed E-state index contributed by atoms with van der Waals surface area (Å²) in [5.74, 6) is -2.99. The molecule has 1 aromatic heterocycles. The molecule has 4 aromatic rings. The van der Waals surface area contributed by atoms with Gasteiger partial charge in [0.25, 0.3) is 0 Å². The fraction of sp³-hybridized carbons (Fsp3) is 0.350. The number of thioether (sulfide) groups is 1. The summed E-state index contributed by atoms with van der Waals surface area (Å²) in [4.78, 5) is 76.5. The smallest absolute Gasteiger partial charge is 0.308 e. The number of aliphatic imine (C=N–C) groups is 1. The number of hydrogen-bond acceptors (Lipinski definition) is 9. The van der Waals surface area contributed by atoms with Crippen LogP contribution in [0.4, 0.5) is 5.69 Å². The number of H-pyrrole nitrogens is 1. The van der Waals surface area contributed by atoms with Crippen LogP contribution < -0.4 is 26.6 Å². The number of nitrogens with two attached hydrogens (primary N) is 1. The third-order valence-electron chi connectivity index (χ3n) is 8.70. The van der Waals surface area contributed by atoms with Crippen molar-refractivity contribution in [2.24, 2.45) is 10.7 Å². The summed E-state index contributed by atoms with van der Waals surface area (Å²) in [5.41, 5.74) is 9.98. The number of benzene rings is 3. The number of aromatic nitrogens is 1. The summed E-state index contributed by atoms with van der Waals surface area (Å²) in [6.07, 6.45) is 5.41. The van der Waals surface area contributed by atoms with Crippen LogP contribution in [0.15, 0.2) is 90.1 Å². The van der Waals surface area contributed by atoms with Crippen LogP contribution >= 0.6 is 11.8 Å². The molecule has 6 N–H and O–H groups in total. The van der Waals surface area contributed by atoms with Gasteiger partial charge in [0.05, 0.1) is 13.0 Å². The summed E-state index contributed by atoms with van der Waals surface area (Å²) in [5, 5.41) is 9.04. The summed E-state index contributed by atoms with van der Waals surface area (Å²) in [7, 11) is 3.90. The van der Waals surface area contributed by atoms with Crippen LogP contribution in [-0.2, 0) is 41.6 Å².